The Morgan fingerprint density at radius 3 is 3.00 bits per heavy atom. The smallest absolute Gasteiger partial charge is 0.177 e. The lowest BCUT2D eigenvalue weighted by molar-refractivity contribution is 0.421. The van der Waals surface area contributed by atoms with E-state index in [1.807, 2.05) is 0 Å². The molecule has 3 nitrogen and oxygen atoms in total. The first kappa shape index (κ1) is 7.40. The van der Waals surface area contributed by atoms with Crippen molar-refractivity contribution in [1.29, 1.82) is 0 Å². The third kappa shape index (κ3) is 1.02. The van der Waals surface area contributed by atoms with Crippen LogP contribution in [0.25, 0.3) is 5.57 Å². The molecule has 0 aromatic carbocycles. The van der Waals surface area contributed by atoms with E-state index in [1.165, 1.54) is 5.57 Å². The maximum atomic E-state index is 4.88. The monoisotopic (exact) mass is 164 g/mol. The summed E-state index contributed by atoms with van der Waals surface area (Å²) in [5.74, 6) is 0.847. The molecule has 0 radical (unpaired) electrons. The highest BCUT2D eigenvalue weighted by Gasteiger charge is 2.24. The van der Waals surface area contributed by atoms with Crippen molar-refractivity contribution in [2.75, 3.05) is 5.32 Å². The van der Waals surface area contributed by atoms with Gasteiger partial charge in [-0.1, -0.05) is 11.2 Å². The summed E-state index contributed by atoms with van der Waals surface area (Å²) in [6, 6.07) is 0. The minimum absolute atomic E-state index is 0.0199. The molecule has 0 saturated heterocycles. The molecular weight excluding hydrogens is 152 g/mol. The van der Waals surface area contributed by atoms with Gasteiger partial charge >= 0.3 is 0 Å². The summed E-state index contributed by atoms with van der Waals surface area (Å²) >= 11 is 0. The maximum absolute atomic E-state index is 4.88. The van der Waals surface area contributed by atoms with Crippen molar-refractivity contribution in [3.8, 4) is 0 Å². The SMILES string of the molecule is CC1=CC(C)(C)Nc2nocc21. The van der Waals surface area contributed by atoms with Crippen LogP contribution in [0.1, 0.15) is 26.3 Å². The summed E-state index contributed by atoms with van der Waals surface area (Å²) in [7, 11) is 0. The normalized spacial score (nSPS) is 19.4. The van der Waals surface area contributed by atoms with Crippen LogP contribution in [0.4, 0.5) is 5.82 Å². The summed E-state index contributed by atoms with van der Waals surface area (Å²) in [5.41, 5.74) is 2.26. The van der Waals surface area contributed by atoms with E-state index in [0.29, 0.717) is 0 Å². The van der Waals surface area contributed by atoms with Gasteiger partial charge in [-0.25, -0.2) is 0 Å². The molecule has 0 spiro atoms. The van der Waals surface area contributed by atoms with Gasteiger partial charge in [-0.2, -0.15) is 0 Å². The van der Waals surface area contributed by atoms with Crippen molar-refractivity contribution in [1.82, 2.24) is 5.16 Å². The van der Waals surface area contributed by atoms with Gasteiger partial charge in [0.05, 0.1) is 11.1 Å². The van der Waals surface area contributed by atoms with Crippen LogP contribution in [-0.4, -0.2) is 10.7 Å². The molecule has 12 heavy (non-hydrogen) atoms. The number of anilines is 1. The average molecular weight is 164 g/mol. The van der Waals surface area contributed by atoms with Gasteiger partial charge in [-0.3, -0.25) is 0 Å². The first-order valence-corrected chi connectivity index (χ1v) is 4.01. The van der Waals surface area contributed by atoms with Crippen LogP contribution in [0.5, 0.6) is 0 Å². The molecule has 1 aliphatic heterocycles. The lowest BCUT2D eigenvalue weighted by Crippen LogP contribution is -2.31. The summed E-state index contributed by atoms with van der Waals surface area (Å²) in [5, 5.41) is 7.14. The van der Waals surface area contributed by atoms with Gasteiger partial charge in [0.2, 0.25) is 0 Å². The third-order valence-electron chi connectivity index (χ3n) is 2.01. The van der Waals surface area contributed by atoms with Gasteiger partial charge in [0.15, 0.2) is 5.82 Å². The van der Waals surface area contributed by atoms with E-state index in [0.717, 1.165) is 11.4 Å². The quantitative estimate of drug-likeness (QED) is 0.639. The average Bonchev–Trinajstić information content (AvgIpc) is 2.31. The zero-order valence-electron chi connectivity index (χ0n) is 7.51. The van der Waals surface area contributed by atoms with Gasteiger partial charge in [0.1, 0.15) is 6.26 Å². The van der Waals surface area contributed by atoms with E-state index < -0.39 is 0 Å². The first-order valence-electron chi connectivity index (χ1n) is 4.01. The van der Waals surface area contributed by atoms with Crippen LogP contribution in [0.3, 0.4) is 0 Å². The van der Waals surface area contributed by atoms with Crippen LogP contribution >= 0.6 is 0 Å². The number of nitrogens with zero attached hydrogens (tertiary/aromatic N) is 1. The molecule has 1 aromatic rings. The third-order valence-corrected chi connectivity index (χ3v) is 2.01. The standard InChI is InChI=1S/C9H12N2O/c1-6-4-9(2,3)10-8-7(6)5-12-11-8/h4-5H,1-3H3,(H,10,11). The summed E-state index contributed by atoms with van der Waals surface area (Å²) < 4.78 is 4.88. The Bertz CT molecular complexity index is 336. The van der Waals surface area contributed by atoms with Crippen molar-refractivity contribution >= 4 is 11.4 Å². The highest BCUT2D eigenvalue weighted by atomic mass is 16.5. The number of fused-ring (bicyclic) bond motifs is 1. The largest absolute Gasteiger partial charge is 0.362 e. The summed E-state index contributed by atoms with van der Waals surface area (Å²) in [6.07, 6.45) is 3.84. The van der Waals surface area contributed by atoms with Gasteiger partial charge in [0.25, 0.3) is 0 Å². The van der Waals surface area contributed by atoms with Crippen molar-refractivity contribution in [2.45, 2.75) is 26.3 Å². The fourth-order valence-corrected chi connectivity index (χ4v) is 1.57. The fourth-order valence-electron chi connectivity index (χ4n) is 1.57. The molecule has 2 rings (SSSR count). The van der Waals surface area contributed by atoms with E-state index in [9.17, 15) is 0 Å². The minimum atomic E-state index is -0.0199. The summed E-state index contributed by atoms with van der Waals surface area (Å²) in [6.45, 7) is 6.28. The number of rotatable bonds is 0. The molecule has 0 amide bonds. The molecule has 0 bridgehead atoms. The van der Waals surface area contributed by atoms with E-state index in [1.54, 1.807) is 6.26 Å². The minimum Gasteiger partial charge on any atom is -0.362 e. The predicted octanol–water partition coefficient (Wildman–Crippen LogP) is 2.28. The number of nitrogens with one attached hydrogen (secondary N) is 1. The highest BCUT2D eigenvalue weighted by molar-refractivity contribution is 5.76. The Balaban J connectivity index is 2.52. The van der Waals surface area contributed by atoms with Crippen molar-refractivity contribution in [2.24, 2.45) is 0 Å². The van der Waals surface area contributed by atoms with Crippen LogP contribution in [0.2, 0.25) is 0 Å². The second-order valence-electron chi connectivity index (χ2n) is 3.75. The zero-order chi connectivity index (χ0) is 8.77. The second-order valence-corrected chi connectivity index (χ2v) is 3.75. The molecule has 0 saturated carbocycles. The molecule has 0 atom stereocenters. The first-order chi connectivity index (χ1) is 5.58. The van der Waals surface area contributed by atoms with Gasteiger partial charge in [-0.05, 0) is 26.3 Å². The van der Waals surface area contributed by atoms with E-state index >= 15 is 0 Å². The number of hydrogen-bond donors (Lipinski definition) is 1. The number of aromatic nitrogens is 1. The molecule has 1 N–H and O–H groups in total. The second kappa shape index (κ2) is 2.12. The zero-order valence-corrected chi connectivity index (χ0v) is 7.51. The number of hydrogen-bond acceptors (Lipinski definition) is 3. The Labute approximate surface area is 71.4 Å². The lowest BCUT2D eigenvalue weighted by atomic mass is 9.95. The predicted molar refractivity (Wildman–Crippen MR) is 47.9 cm³/mol. The van der Waals surface area contributed by atoms with E-state index in [4.69, 9.17) is 4.52 Å². The van der Waals surface area contributed by atoms with E-state index in [2.05, 4.69) is 37.3 Å². The van der Waals surface area contributed by atoms with Crippen LogP contribution in [0.15, 0.2) is 16.9 Å². The molecular formula is C9H12N2O. The highest BCUT2D eigenvalue weighted by Crippen LogP contribution is 2.31. The van der Waals surface area contributed by atoms with Crippen molar-refractivity contribution in [3.63, 3.8) is 0 Å². The molecule has 0 aliphatic carbocycles. The molecule has 3 heteroatoms. The molecule has 2 heterocycles. The molecule has 64 valence electrons. The maximum Gasteiger partial charge on any atom is 0.177 e. The Morgan fingerprint density at radius 2 is 2.25 bits per heavy atom. The molecule has 1 aliphatic rings. The Kier molecular flexibility index (Phi) is 1.31. The van der Waals surface area contributed by atoms with Gasteiger partial charge < -0.3 is 9.84 Å². The van der Waals surface area contributed by atoms with Crippen molar-refractivity contribution < 1.29 is 4.52 Å². The molecule has 1 aromatic heterocycles. The fraction of sp³-hybridized carbons (Fsp3) is 0.444. The van der Waals surface area contributed by atoms with E-state index in [-0.39, 0.29) is 5.54 Å². The van der Waals surface area contributed by atoms with Gasteiger partial charge in [0, 0.05) is 0 Å². The number of allylic oxidation sites excluding steroid dienone is 1. The molecule has 0 unspecified atom stereocenters. The van der Waals surface area contributed by atoms with Crippen molar-refractivity contribution in [3.05, 3.63) is 17.9 Å². The van der Waals surface area contributed by atoms with Gasteiger partial charge in [-0.15, -0.1) is 0 Å². The van der Waals surface area contributed by atoms with Crippen LogP contribution in [-0.2, 0) is 0 Å². The lowest BCUT2D eigenvalue weighted by Gasteiger charge is -2.27. The Hall–Kier alpha value is -1.25. The van der Waals surface area contributed by atoms with Crippen LogP contribution < -0.4 is 5.32 Å². The van der Waals surface area contributed by atoms with Crippen LogP contribution in [0, 0.1) is 0 Å². The Morgan fingerprint density at radius 1 is 1.50 bits per heavy atom. The molecule has 0 fully saturated rings. The topological polar surface area (TPSA) is 38.1 Å². The summed E-state index contributed by atoms with van der Waals surface area (Å²) in [4.78, 5) is 0.